The third-order valence-electron chi connectivity index (χ3n) is 4.70. The molecule has 0 aliphatic heterocycles. The van der Waals surface area contributed by atoms with Crippen LogP contribution in [0.2, 0.25) is 0 Å². The molecule has 0 amide bonds. The quantitative estimate of drug-likeness (QED) is 0.728. The van der Waals surface area contributed by atoms with Crippen LogP contribution in [0.15, 0.2) is 24.3 Å². The van der Waals surface area contributed by atoms with Crippen molar-refractivity contribution in [1.82, 2.24) is 5.32 Å². The van der Waals surface area contributed by atoms with Crippen molar-refractivity contribution in [3.8, 4) is 0 Å². The zero-order valence-electron chi connectivity index (χ0n) is 13.5. The van der Waals surface area contributed by atoms with Gasteiger partial charge in [0.1, 0.15) is 0 Å². The maximum atomic E-state index is 3.80. The highest BCUT2D eigenvalue weighted by Crippen LogP contribution is 2.34. The zero-order valence-corrected chi connectivity index (χ0v) is 13.5. The van der Waals surface area contributed by atoms with Gasteiger partial charge >= 0.3 is 0 Å². The molecule has 1 N–H and O–H groups in total. The van der Waals surface area contributed by atoms with Gasteiger partial charge in [-0.3, -0.25) is 0 Å². The maximum Gasteiger partial charge on any atom is 0.0348 e. The van der Waals surface area contributed by atoms with E-state index in [1.165, 1.54) is 49.7 Å². The van der Waals surface area contributed by atoms with Gasteiger partial charge in [-0.05, 0) is 48.8 Å². The minimum absolute atomic E-state index is 0.566. The Morgan fingerprint density at radius 2 is 1.60 bits per heavy atom. The lowest BCUT2D eigenvalue weighted by atomic mass is 9.80. The number of hydrogen-bond acceptors (Lipinski definition) is 1. The first-order valence-corrected chi connectivity index (χ1v) is 8.55. The molecule has 0 aromatic heterocycles. The molecule has 1 unspecified atom stereocenters. The standard InChI is InChI=1S/C19H31N/c1-4-14-20-19(17-8-6-5-7-9-17)18-12-10-16(11-13-18)15(2)3/h10-13,15,17,19-20H,4-9,14H2,1-3H3. The molecule has 1 aliphatic rings. The van der Waals surface area contributed by atoms with Gasteiger partial charge in [-0.15, -0.1) is 0 Å². The molecule has 1 fully saturated rings. The lowest BCUT2D eigenvalue weighted by Gasteiger charge is -2.31. The Kier molecular flexibility index (Phi) is 6.09. The van der Waals surface area contributed by atoms with Crippen LogP contribution in [0.3, 0.4) is 0 Å². The van der Waals surface area contributed by atoms with Gasteiger partial charge in [0, 0.05) is 6.04 Å². The van der Waals surface area contributed by atoms with E-state index in [0.717, 1.165) is 12.5 Å². The van der Waals surface area contributed by atoms with E-state index in [1.807, 2.05) is 0 Å². The van der Waals surface area contributed by atoms with Crippen molar-refractivity contribution in [3.63, 3.8) is 0 Å². The number of nitrogens with one attached hydrogen (secondary N) is 1. The maximum absolute atomic E-state index is 3.80. The average Bonchev–Trinajstić information content (AvgIpc) is 2.49. The predicted octanol–water partition coefficient (Wildman–Crippen LogP) is 5.43. The number of hydrogen-bond donors (Lipinski definition) is 1. The van der Waals surface area contributed by atoms with Gasteiger partial charge in [-0.25, -0.2) is 0 Å². The summed E-state index contributed by atoms with van der Waals surface area (Å²) >= 11 is 0. The summed E-state index contributed by atoms with van der Waals surface area (Å²) in [5.74, 6) is 1.46. The first-order chi connectivity index (χ1) is 9.72. The van der Waals surface area contributed by atoms with Crippen LogP contribution in [-0.2, 0) is 0 Å². The molecule has 20 heavy (non-hydrogen) atoms. The molecule has 0 heterocycles. The van der Waals surface area contributed by atoms with Crippen LogP contribution in [0.1, 0.15) is 82.4 Å². The lowest BCUT2D eigenvalue weighted by Crippen LogP contribution is -2.30. The Balaban J connectivity index is 2.11. The minimum Gasteiger partial charge on any atom is -0.310 e. The van der Waals surface area contributed by atoms with Gasteiger partial charge in [0.05, 0.1) is 0 Å². The van der Waals surface area contributed by atoms with Gasteiger partial charge < -0.3 is 5.32 Å². The van der Waals surface area contributed by atoms with Crippen LogP contribution in [0, 0.1) is 5.92 Å². The molecular formula is C19H31N. The predicted molar refractivity (Wildman–Crippen MR) is 88.1 cm³/mol. The Bertz CT molecular complexity index is 373. The highest BCUT2D eigenvalue weighted by atomic mass is 14.9. The molecule has 1 heteroatoms. The molecule has 2 rings (SSSR count). The van der Waals surface area contributed by atoms with E-state index in [4.69, 9.17) is 0 Å². The molecule has 1 nitrogen and oxygen atoms in total. The summed E-state index contributed by atoms with van der Waals surface area (Å²) < 4.78 is 0. The van der Waals surface area contributed by atoms with Crippen LogP contribution < -0.4 is 5.32 Å². The second-order valence-corrected chi connectivity index (χ2v) is 6.65. The first kappa shape index (κ1) is 15.6. The lowest BCUT2D eigenvalue weighted by molar-refractivity contribution is 0.272. The van der Waals surface area contributed by atoms with E-state index < -0.39 is 0 Å². The van der Waals surface area contributed by atoms with E-state index >= 15 is 0 Å². The fourth-order valence-corrected chi connectivity index (χ4v) is 3.41. The fourth-order valence-electron chi connectivity index (χ4n) is 3.41. The molecule has 1 aromatic carbocycles. The summed E-state index contributed by atoms with van der Waals surface area (Å²) in [6.07, 6.45) is 8.27. The topological polar surface area (TPSA) is 12.0 Å². The average molecular weight is 273 g/mol. The van der Waals surface area contributed by atoms with Crippen molar-refractivity contribution in [1.29, 1.82) is 0 Å². The van der Waals surface area contributed by atoms with E-state index in [0.29, 0.717) is 12.0 Å². The van der Waals surface area contributed by atoms with Crippen LogP contribution in [0.25, 0.3) is 0 Å². The third-order valence-corrected chi connectivity index (χ3v) is 4.70. The highest BCUT2D eigenvalue weighted by molar-refractivity contribution is 5.27. The molecule has 0 radical (unpaired) electrons. The SMILES string of the molecule is CCCNC(c1ccc(C(C)C)cc1)C1CCCCC1. The zero-order chi connectivity index (χ0) is 14.4. The Morgan fingerprint density at radius 3 is 2.15 bits per heavy atom. The van der Waals surface area contributed by atoms with Gasteiger partial charge in [0.2, 0.25) is 0 Å². The summed E-state index contributed by atoms with van der Waals surface area (Å²) in [5, 5.41) is 3.80. The summed E-state index contributed by atoms with van der Waals surface area (Å²) in [6.45, 7) is 7.92. The smallest absolute Gasteiger partial charge is 0.0348 e. The van der Waals surface area contributed by atoms with Crippen LogP contribution in [0.4, 0.5) is 0 Å². The van der Waals surface area contributed by atoms with Crippen LogP contribution in [0.5, 0.6) is 0 Å². The Morgan fingerprint density at radius 1 is 1.00 bits per heavy atom. The van der Waals surface area contributed by atoms with Gasteiger partial charge in [-0.2, -0.15) is 0 Å². The van der Waals surface area contributed by atoms with Crippen molar-refractivity contribution in [2.24, 2.45) is 5.92 Å². The normalized spacial score (nSPS) is 18.4. The Hall–Kier alpha value is -0.820. The molecule has 1 aromatic rings. The molecule has 0 spiro atoms. The molecular weight excluding hydrogens is 242 g/mol. The number of rotatable bonds is 6. The van der Waals surface area contributed by atoms with Gasteiger partial charge in [0.25, 0.3) is 0 Å². The largest absolute Gasteiger partial charge is 0.310 e. The highest BCUT2D eigenvalue weighted by Gasteiger charge is 2.24. The van der Waals surface area contributed by atoms with Crippen molar-refractivity contribution >= 4 is 0 Å². The number of benzene rings is 1. The second-order valence-electron chi connectivity index (χ2n) is 6.65. The van der Waals surface area contributed by atoms with E-state index in [-0.39, 0.29) is 0 Å². The van der Waals surface area contributed by atoms with Crippen LogP contribution >= 0.6 is 0 Å². The summed E-state index contributed by atoms with van der Waals surface area (Å²) in [5.41, 5.74) is 2.95. The summed E-state index contributed by atoms with van der Waals surface area (Å²) in [6, 6.07) is 9.93. The van der Waals surface area contributed by atoms with Crippen molar-refractivity contribution in [2.75, 3.05) is 6.54 Å². The second kappa shape index (κ2) is 7.83. The summed E-state index contributed by atoms with van der Waals surface area (Å²) in [4.78, 5) is 0. The molecule has 0 saturated heterocycles. The molecule has 1 atom stereocenters. The van der Waals surface area contributed by atoms with E-state index in [1.54, 1.807) is 0 Å². The fraction of sp³-hybridized carbons (Fsp3) is 0.684. The van der Waals surface area contributed by atoms with Crippen molar-refractivity contribution in [3.05, 3.63) is 35.4 Å². The van der Waals surface area contributed by atoms with Crippen LogP contribution in [-0.4, -0.2) is 6.54 Å². The molecule has 112 valence electrons. The van der Waals surface area contributed by atoms with Gasteiger partial charge in [0.15, 0.2) is 0 Å². The molecule has 1 saturated carbocycles. The minimum atomic E-state index is 0.566. The first-order valence-electron chi connectivity index (χ1n) is 8.55. The molecule has 0 bridgehead atoms. The van der Waals surface area contributed by atoms with Gasteiger partial charge in [-0.1, -0.05) is 64.3 Å². The van der Waals surface area contributed by atoms with E-state index in [9.17, 15) is 0 Å². The monoisotopic (exact) mass is 273 g/mol. The Labute approximate surface area is 125 Å². The summed E-state index contributed by atoms with van der Waals surface area (Å²) in [7, 11) is 0. The van der Waals surface area contributed by atoms with Crippen molar-refractivity contribution < 1.29 is 0 Å². The third kappa shape index (κ3) is 4.09. The van der Waals surface area contributed by atoms with Crippen molar-refractivity contribution in [2.45, 2.75) is 71.3 Å². The van der Waals surface area contributed by atoms with E-state index in [2.05, 4.69) is 50.4 Å². The molecule has 1 aliphatic carbocycles.